The van der Waals surface area contributed by atoms with Gasteiger partial charge in [-0.1, -0.05) is 12.1 Å². The lowest BCUT2D eigenvalue weighted by atomic mass is 9.91. The third kappa shape index (κ3) is 2.50. The van der Waals surface area contributed by atoms with Crippen molar-refractivity contribution in [3.63, 3.8) is 0 Å². The highest BCUT2D eigenvalue weighted by atomic mass is 16.5. The van der Waals surface area contributed by atoms with E-state index in [0.717, 1.165) is 29.7 Å². The summed E-state index contributed by atoms with van der Waals surface area (Å²) in [5.74, 6) is 1.08. The molecule has 0 spiro atoms. The van der Waals surface area contributed by atoms with E-state index in [1.807, 2.05) is 6.07 Å². The van der Waals surface area contributed by atoms with Crippen LogP contribution in [-0.2, 0) is 12.8 Å². The van der Waals surface area contributed by atoms with Gasteiger partial charge in [-0.3, -0.25) is 0 Å². The van der Waals surface area contributed by atoms with Crippen LogP contribution in [0.5, 0.6) is 23.0 Å². The highest BCUT2D eigenvalue weighted by Gasteiger charge is 2.20. The molecule has 0 fully saturated rings. The molecular formula is C16H16O4. The molecule has 1 aliphatic rings. The maximum absolute atomic E-state index is 9.51. The SMILES string of the molecule is Oc1ccc2c(c1)OCC(Cc1ccc(O)c(O)c1)C2. The summed E-state index contributed by atoms with van der Waals surface area (Å²) in [4.78, 5) is 0. The molecule has 0 saturated heterocycles. The molecule has 0 amide bonds. The number of hydrogen-bond donors (Lipinski definition) is 3. The fourth-order valence-electron chi connectivity index (χ4n) is 2.58. The number of benzene rings is 2. The molecule has 1 unspecified atom stereocenters. The second-order valence-corrected chi connectivity index (χ2v) is 5.20. The Kier molecular flexibility index (Phi) is 3.14. The average Bonchev–Trinajstić information content (AvgIpc) is 2.43. The summed E-state index contributed by atoms with van der Waals surface area (Å²) in [6, 6.07) is 10.1. The van der Waals surface area contributed by atoms with Crippen molar-refractivity contribution >= 4 is 0 Å². The number of phenols is 3. The first kappa shape index (κ1) is 12.7. The van der Waals surface area contributed by atoms with Gasteiger partial charge in [0.25, 0.3) is 0 Å². The van der Waals surface area contributed by atoms with Gasteiger partial charge in [-0.25, -0.2) is 0 Å². The Hall–Kier alpha value is -2.36. The molecule has 0 aromatic heterocycles. The summed E-state index contributed by atoms with van der Waals surface area (Å²) in [6.45, 7) is 0.581. The highest BCUT2D eigenvalue weighted by molar-refractivity contribution is 5.43. The Balaban J connectivity index is 1.74. The lowest BCUT2D eigenvalue weighted by Gasteiger charge is -2.25. The molecule has 3 rings (SSSR count). The van der Waals surface area contributed by atoms with Crippen LogP contribution in [0, 0.1) is 5.92 Å². The van der Waals surface area contributed by atoms with Crippen molar-refractivity contribution in [3.05, 3.63) is 47.5 Å². The highest BCUT2D eigenvalue weighted by Crippen LogP contribution is 2.32. The molecule has 2 aromatic carbocycles. The second-order valence-electron chi connectivity index (χ2n) is 5.20. The van der Waals surface area contributed by atoms with E-state index in [0.29, 0.717) is 12.5 Å². The van der Waals surface area contributed by atoms with Gasteiger partial charge in [0, 0.05) is 12.0 Å². The van der Waals surface area contributed by atoms with E-state index in [4.69, 9.17) is 4.74 Å². The molecule has 104 valence electrons. The first-order valence-corrected chi connectivity index (χ1v) is 6.57. The van der Waals surface area contributed by atoms with Gasteiger partial charge in [-0.2, -0.15) is 0 Å². The summed E-state index contributed by atoms with van der Waals surface area (Å²) in [5.41, 5.74) is 2.05. The predicted molar refractivity (Wildman–Crippen MR) is 74.3 cm³/mol. The van der Waals surface area contributed by atoms with Crippen LogP contribution in [0.3, 0.4) is 0 Å². The van der Waals surface area contributed by atoms with Gasteiger partial charge >= 0.3 is 0 Å². The Morgan fingerprint density at radius 3 is 2.65 bits per heavy atom. The fraction of sp³-hybridized carbons (Fsp3) is 0.250. The van der Waals surface area contributed by atoms with Crippen LogP contribution >= 0.6 is 0 Å². The molecule has 0 saturated carbocycles. The van der Waals surface area contributed by atoms with Crippen LogP contribution in [-0.4, -0.2) is 21.9 Å². The van der Waals surface area contributed by atoms with Gasteiger partial charge in [-0.15, -0.1) is 0 Å². The van der Waals surface area contributed by atoms with E-state index in [9.17, 15) is 15.3 Å². The van der Waals surface area contributed by atoms with Gasteiger partial charge in [0.1, 0.15) is 11.5 Å². The lowest BCUT2D eigenvalue weighted by Crippen LogP contribution is -2.22. The zero-order chi connectivity index (χ0) is 14.1. The van der Waals surface area contributed by atoms with Crippen LogP contribution in [0.1, 0.15) is 11.1 Å². The number of ether oxygens (including phenoxy) is 1. The van der Waals surface area contributed by atoms with Gasteiger partial charge in [-0.05, 0) is 42.2 Å². The van der Waals surface area contributed by atoms with Crippen LogP contribution in [0.15, 0.2) is 36.4 Å². The first-order valence-electron chi connectivity index (χ1n) is 6.57. The minimum atomic E-state index is -0.102. The van der Waals surface area contributed by atoms with E-state index in [-0.39, 0.29) is 17.2 Å². The molecule has 0 aliphatic carbocycles. The summed E-state index contributed by atoms with van der Waals surface area (Å²) < 4.78 is 5.67. The van der Waals surface area contributed by atoms with Crippen LogP contribution in [0.2, 0.25) is 0 Å². The van der Waals surface area contributed by atoms with Gasteiger partial charge in [0.15, 0.2) is 11.5 Å². The van der Waals surface area contributed by atoms with Crippen molar-refractivity contribution < 1.29 is 20.1 Å². The summed E-state index contributed by atoms with van der Waals surface area (Å²) in [7, 11) is 0. The summed E-state index contributed by atoms with van der Waals surface area (Å²) in [6.07, 6.45) is 1.64. The normalized spacial score (nSPS) is 17.3. The van der Waals surface area contributed by atoms with E-state index in [2.05, 4.69) is 0 Å². The number of phenolic OH excluding ortho intramolecular Hbond substituents is 3. The minimum absolute atomic E-state index is 0.0930. The Labute approximate surface area is 116 Å². The molecule has 1 aliphatic heterocycles. The van der Waals surface area contributed by atoms with E-state index < -0.39 is 0 Å². The monoisotopic (exact) mass is 272 g/mol. The minimum Gasteiger partial charge on any atom is -0.508 e. The van der Waals surface area contributed by atoms with Crippen molar-refractivity contribution in [3.8, 4) is 23.0 Å². The molecule has 20 heavy (non-hydrogen) atoms. The van der Waals surface area contributed by atoms with Crippen molar-refractivity contribution in [2.75, 3.05) is 6.61 Å². The maximum atomic E-state index is 9.51. The number of hydrogen-bond acceptors (Lipinski definition) is 4. The third-order valence-electron chi connectivity index (χ3n) is 3.60. The van der Waals surface area contributed by atoms with E-state index >= 15 is 0 Å². The lowest BCUT2D eigenvalue weighted by molar-refractivity contribution is 0.220. The largest absolute Gasteiger partial charge is 0.508 e. The molecule has 3 N–H and O–H groups in total. The van der Waals surface area contributed by atoms with E-state index in [1.54, 1.807) is 24.3 Å². The average molecular weight is 272 g/mol. The van der Waals surface area contributed by atoms with Crippen molar-refractivity contribution in [1.82, 2.24) is 0 Å². The van der Waals surface area contributed by atoms with Crippen molar-refractivity contribution in [1.29, 1.82) is 0 Å². The van der Waals surface area contributed by atoms with Crippen molar-refractivity contribution in [2.24, 2.45) is 5.92 Å². The Morgan fingerprint density at radius 2 is 1.85 bits per heavy atom. The van der Waals surface area contributed by atoms with Gasteiger partial charge in [0.05, 0.1) is 6.61 Å². The summed E-state index contributed by atoms with van der Waals surface area (Å²) in [5, 5.41) is 28.2. The van der Waals surface area contributed by atoms with Gasteiger partial charge < -0.3 is 20.1 Å². The zero-order valence-corrected chi connectivity index (χ0v) is 10.9. The van der Waals surface area contributed by atoms with Gasteiger partial charge in [0.2, 0.25) is 0 Å². The molecule has 2 aromatic rings. The number of rotatable bonds is 2. The Bertz CT molecular complexity index is 636. The number of aromatic hydroxyl groups is 3. The smallest absolute Gasteiger partial charge is 0.157 e. The molecule has 1 heterocycles. The topological polar surface area (TPSA) is 69.9 Å². The molecule has 0 radical (unpaired) electrons. The predicted octanol–water partition coefficient (Wildman–Crippen LogP) is 2.60. The van der Waals surface area contributed by atoms with Crippen LogP contribution in [0.4, 0.5) is 0 Å². The zero-order valence-electron chi connectivity index (χ0n) is 10.9. The fourth-order valence-corrected chi connectivity index (χ4v) is 2.58. The Morgan fingerprint density at radius 1 is 1.00 bits per heavy atom. The molecule has 1 atom stereocenters. The van der Waals surface area contributed by atoms with E-state index in [1.165, 1.54) is 6.07 Å². The molecule has 0 bridgehead atoms. The third-order valence-corrected chi connectivity index (χ3v) is 3.60. The first-order chi connectivity index (χ1) is 9.61. The standard InChI is InChI=1S/C16H16O4/c17-13-3-2-12-6-11(9-20-16(12)8-13)5-10-1-4-14(18)15(19)7-10/h1-4,7-8,11,17-19H,5-6,9H2. The summed E-state index contributed by atoms with van der Waals surface area (Å²) >= 11 is 0. The van der Waals surface area contributed by atoms with Crippen LogP contribution in [0.25, 0.3) is 0 Å². The second kappa shape index (κ2) is 4.96. The number of fused-ring (bicyclic) bond motifs is 1. The molecule has 4 heteroatoms. The molecular weight excluding hydrogens is 256 g/mol. The van der Waals surface area contributed by atoms with Crippen molar-refractivity contribution in [2.45, 2.75) is 12.8 Å². The quantitative estimate of drug-likeness (QED) is 0.735. The maximum Gasteiger partial charge on any atom is 0.157 e. The molecule has 4 nitrogen and oxygen atoms in total. The van der Waals surface area contributed by atoms with Crippen LogP contribution < -0.4 is 4.74 Å².